The Morgan fingerprint density at radius 3 is 2.55 bits per heavy atom. The normalized spacial score (nSPS) is 12.4. The molecule has 0 saturated carbocycles. The lowest BCUT2D eigenvalue weighted by Gasteiger charge is -2.18. The number of carbonyl (C=O) groups excluding carboxylic acids is 1. The van der Waals surface area contributed by atoms with Gasteiger partial charge in [0, 0.05) is 5.56 Å². The van der Waals surface area contributed by atoms with Gasteiger partial charge in [0.1, 0.15) is 5.75 Å². The Kier molecular flexibility index (Phi) is 6.52. The summed E-state index contributed by atoms with van der Waals surface area (Å²) in [5, 5.41) is 3.30. The highest BCUT2D eigenvalue weighted by Crippen LogP contribution is 2.23. The zero-order valence-corrected chi connectivity index (χ0v) is 12.9. The number of Topliss-reactive ketones (excluding diaryl/α,β-unsaturated/α-hetero) is 1. The van der Waals surface area contributed by atoms with E-state index in [1.165, 1.54) is 0 Å². The molecule has 0 bridgehead atoms. The Labute approximate surface area is 121 Å². The molecule has 0 heterocycles. The second kappa shape index (κ2) is 7.90. The van der Waals surface area contributed by atoms with Gasteiger partial charge in [0.15, 0.2) is 5.78 Å². The quantitative estimate of drug-likeness (QED) is 0.567. The average Bonchev–Trinajstić information content (AvgIpc) is 2.41. The van der Waals surface area contributed by atoms with Gasteiger partial charge in [-0.25, -0.2) is 0 Å². The van der Waals surface area contributed by atoms with Gasteiger partial charge in [0.2, 0.25) is 0 Å². The molecule has 0 aliphatic carbocycles. The molecular weight excluding hydrogens is 252 g/mol. The molecule has 1 unspecified atom stereocenters. The first-order valence-electron chi connectivity index (χ1n) is 7.29. The van der Waals surface area contributed by atoms with Gasteiger partial charge >= 0.3 is 0 Å². The van der Waals surface area contributed by atoms with E-state index in [0.717, 1.165) is 13.0 Å². The third kappa shape index (κ3) is 4.53. The number of nitrogens with two attached hydrogens (primary N) is 1. The van der Waals surface area contributed by atoms with Gasteiger partial charge in [-0.05, 0) is 44.0 Å². The molecular formula is C16H26N2O2. The van der Waals surface area contributed by atoms with Gasteiger partial charge in [0.25, 0.3) is 0 Å². The Morgan fingerprint density at radius 1 is 1.35 bits per heavy atom. The van der Waals surface area contributed by atoms with Crippen molar-refractivity contribution < 1.29 is 9.53 Å². The standard InChI is InChI=1S/C16H26N2O2/c1-5-14(18-10-11(3)4)16(19)12-7-8-15(20-6-2)13(17)9-12/h7-9,11,14,18H,5-6,10,17H2,1-4H3. The fourth-order valence-electron chi connectivity index (χ4n) is 1.99. The van der Waals surface area contributed by atoms with E-state index in [-0.39, 0.29) is 11.8 Å². The van der Waals surface area contributed by atoms with E-state index in [1.54, 1.807) is 18.2 Å². The van der Waals surface area contributed by atoms with Crippen molar-refractivity contribution in [2.75, 3.05) is 18.9 Å². The first-order valence-corrected chi connectivity index (χ1v) is 7.29. The van der Waals surface area contributed by atoms with Gasteiger partial charge in [-0.1, -0.05) is 20.8 Å². The summed E-state index contributed by atoms with van der Waals surface area (Å²) in [7, 11) is 0. The maximum atomic E-state index is 12.5. The second-order valence-corrected chi connectivity index (χ2v) is 5.31. The third-order valence-electron chi connectivity index (χ3n) is 3.09. The molecule has 0 saturated heterocycles. The minimum atomic E-state index is -0.158. The van der Waals surface area contributed by atoms with Crippen LogP contribution in [0.5, 0.6) is 5.75 Å². The minimum Gasteiger partial charge on any atom is -0.492 e. The van der Waals surface area contributed by atoms with Gasteiger partial charge in [-0.2, -0.15) is 0 Å². The Bertz CT molecular complexity index is 444. The summed E-state index contributed by atoms with van der Waals surface area (Å²) >= 11 is 0. The molecule has 1 atom stereocenters. The molecule has 0 radical (unpaired) electrons. The Hall–Kier alpha value is -1.55. The van der Waals surface area contributed by atoms with Crippen LogP contribution in [0.3, 0.4) is 0 Å². The summed E-state index contributed by atoms with van der Waals surface area (Å²) in [5.74, 6) is 1.23. The zero-order chi connectivity index (χ0) is 15.1. The first-order chi connectivity index (χ1) is 9.49. The molecule has 0 fully saturated rings. The van der Waals surface area contributed by atoms with E-state index in [1.807, 2.05) is 13.8 Å². The van der Waals surface area contributed by atoms with Crippen LogP contribution in [-0.2, 0) is 0 Å². The van der Waals surface area contributed by atoms with Crippen molar-refractivity contribution >= 4 is 11.5 Å². The van der Waals surface area contributed by atoms with E-state index in [2.05, 4.69) is 19.2 Å². The van der Waals surface area contributed by atoms with Gasteiger partial charge < -0.3 is 15.8 Å². The fourth-order valence-corrected chi connectivity index (χ4v) is 1.99. The van der Waals surface area contributed by atoms with Gasteiger partial charge in [-0.3, -0.25) is 4.79 Å². The van der Waals surface area contributed by atoms with Crippen LogP contribution < -0.4 is 15.8 Å². The molecule has 4 heteroatoms. The van der Waals surface area contributed by atoms with Gasteiger partial charge in [-0.15, -0.1) is 0 Å². The zero-order valence-electron chi connectivity index (χ0n) is 12.9. The summed E-state index contributed by atoms with van der Waals surface area (Å²) in [6.07, 6.45) is 0.763. The van der Waals surface area contributed by atoms with E-state index in [9.17, 15) is 4.79 Å². The van der Waals surface area contributed by atoms with Crippen molar-refractivity contribution in [3.63, 3.8) is 0 Å². The highest BCUT2D eigenvalue weighted by molar-refractivity contribution is 6.01. The van der Waals surface area contributed by atoms with Crippen LogP contribution in [0.25, 0.3) is 0 Å². The molecule has 0 aromatic heterocycles. The summed E-state index contributed by atoms with van der Waals surface area (Å²) in [5.41, 5.74) is 7.06. The molecule has 0 aliphatic heterocycles. The van der Waals surface area contributed by atoms with Crippen molar-refractivity contribution in [1.82, 2.24) is 5.32 Å². The van der Waals surface area contributed by atoms with Crippen molar-refractivity contribution in [3.8, 4) is 5.75 Å². The van der Waals surface area contributed by atoms with Crippen LogP contribution in [0.2, 0.25) is 0 Å². The smallest absolute Gasteiger partial charge is 0.179 e. The lowest BCUT2D eigenvalue weighted by atomic mass is 10.0. The van der Waals surface area contributed by atoms with Gasteiger partial charge in [0.05, 0.1) is 18.3 Å². The summed E-state index contributed by atoms with van der Waals surface area (Å²) in [4.78, 5) is 12.5. The number of ether oxygens (including phenoxy) is 1. The summed E-state index contributed by atoms with van der Waals surface area (Å²) in [6, 6.07) is 5.09. The van der Waals surface area contributed by atoms with Crippen LogP contribution >= 0.6 is 0 Å². The second-order valence-electron chi connectivity index (χ2n) is 5.31. The molecule has 4 nitrogen and oxygen atoms in total. The number of benzene rings is 1. The number of ketones is 1. The third-order valence-corrected chi connectivity index (χ3v) is 3.09. The average molecular weight is 278 g/mol. The number of hydrogen-bond donors (Lipinski definition) is 2. The van der Waals surface area contributed by atoms with Crippen molar-refractivity contribution in [1.29, 1.82) is 0 Å². The number of carbonyl (C=O) groups is 1. The number of nitrogens with one attached hydrogen (secondary N) is 1. The van der Waals surface area contributed by atoms with E-state index in [0.29, 0.717) is 29.5 Å². The molecule has 0 amide bonds. The van der Waals surface area contributed by atoms with Crippen LogP contribution in [0.15, 0.2) is 18.2 Å². The first kappa shape index (κ1) is 16.5. The highest BCUT2D eigenvalue weighted by Gasteiger charge is 2.18. The van der Waals surface area contributed by atoms with E-state index >= 15 is 0 Å². The molecule has 3 N–H and O–H groups in total. The maximum Gasteiger partial charge on any atom is 0.179 e. The summed E-state index contributed by atoms with van der Waals surface area (Å²) in [6.45, 7) is 9.55. The molecule has 1 aromatic carbocycles. The predicted molar refractivity (Wildman–Crippen MR) is 83.3 cm³/mol. The Morgan fingerprint density at radius 2 is 2.05 bits per heavy atom. The number of rotatable bonds is 8. The maximum absolute atomic E-state index is 12.5. The molecule has 1 aromatic rings. The number of anilines is 1. The topological polar surface area (TPSA) is 64.3 Å². The molecule has 0 aliphatic rings. The minimum absolute atomic E-state index is 0.0860. The largest absolute Gasteiger partial charge is 0.492 e. The van der Waals surface area contributed by atoms with Crippen molar-refractivity contribution in [2.45, 2.75) is 40.2 Å². The molecule has 20 heavy (non-hydrogen) atoms. The van der Waals surface area contributed by atoms with Crippen molar-refractivity contribution in [2.24, 2.45) is 5.92 Å². The lowest BCUT2D eigenvalue weighted by molar-refractivity contribution is 0.0939. The van der Waals surface area contributed by atoms with Crippen LogP contribution in [0.1, 0.15) is 44.5 Å². The predicted octanol–water partition coefficient (Wildman–Crippen LogP) is 2.87. The van der Waals surface area contributed by atoms with Crippen molar-refractivity contribution in [3.05, 3.63) is 23.8 Å². The van der Waals surface area contributed by atoms with Crippen LogP contribution in [0.4, 0.5) is 5.69 Å². The lowest BCUT2D eigenvalue weighted by Crippen LogP contribution is -2.38. The molecule has 0 spiro atoms. The number of nitrogen functional groups attached to an aromatic ring is 1. The SMILES string of the molecule is CCOc1ccc(C(=O)C(CC)NCC(C)C)cc1N. The molecule has 1 rings (SSSR count). The van der Waals surface area contributed by atoms with Crippen LogP contribution in [0, 0.1) is 5.92 Å². The monoisotopic (exact) mass is 278 g/mol. The highest BCUT2D eigenvalue weighted by atomic mass is 16.5. The fraction of sp³-hybridized carbons (Fsp3) is 0.562. The molecule has 112 valence electrons. The van der Waals surface area contributed by atoms with Crippen LogP contribution in [-0.4, -0.2) is 25.0 Å². The summed E-state index contributed by atoms with van der Waals surface area (Å²) < 4.78 is 5.39. The van der Waals surface area contributed by atoms with E-state index in [4.69, 9.17) is 10.5 Å². The number of hydrogen-bond acceptors (Lipinski definition) is 4. The van der Waals surface area contributed by atoms with E-state index < -0.39 is 0 Å². The Balaban J connectivity index is 2.81.